The lowest BCUT2D eigenvalue weighted by molar-refractivity contribution is -0.147. The molecule has 0 saturated carbocycles. The van der Waals surface area contributed by atoms with Crippen LogP contribution in [0.3, 0.4) is 0 Å². The number of hydrogen-bond acceptors (Lipinski definition) is 5. The van der Waals surface area contributed by atoms with Crippen molar-refractivity contribution in [3.8, 4) is 5.75 Å². The van der Waals surface area contributed by atoms with Crippen LogP contribution in [0.25, 0.3) is 0 Å². The Morgan fingerprint density at radius 3 is 2.64 bits per heavy atom. The Morgan fingerprint density at radius 2 is 1.79 bits per heavy atom. The highest BCUT2D eigenvalue weighted by Gasteiger charge is 2.27. The van der Waals surface area contributed by atoms with Gasteiger partial charge in [0, 0.05) is 18.8 Å². The molecule has 0 atom stereocenters. The van der Waals surface area contributed by atoms with Gasteiger partial charge in [-0.2, -0.15) is 0 Å². The van der Waals surface area contributed by atoms with E-state index >= 15 is 0 Å². The van der Waals surface area contributed by atoms with Crippen molar-refractivity contribution in [2.45, 2.75) is 12.8 Å². The van der Waals surface area contributed by atoms with Gasteiger partial charge in [-0.1, -0.05) is 30.3 Å². The Morgan fingerprint density at radius 1 is 1.04 bits per heavy atom. The van der Waals surface area contributed by atoms with E-state index in [1.165, 1.54) is 4.90 Å². The summed E-state index contributed by atoms with van der Waals surface area (Å²) in [5.74, 6) is -0.363. The maximum absolute atomic E-state index is 12.4. The molecule has 2 aromatic carbocycles. The SMILES string of the molecule is O=C(CCN1C(=O)COc2ccccc21)OCC(=O)N1CCc2ccccc21. The molecule has 0 fully saturated rings. The van der Waals surface area contributed by atoms with E-state index in [0.717, 1.165) is 17.7 Å². The van der Waals surface area contributed by atoms with Gasteiger partial charge in [-0.05, 0) is 30.2 Å². The summed E-state index contributed by atoms with van der Waals surface area (Å²) in [6.45, 7) is 0.410. The molecule has 4 rings (SSSR count). The van der Waals surface area contributed by atoms with E-state index in [1.54, 1.807) is 23.1 Å². The summed E-state index contributed by atoms with van der Waals surface area (Å²) in [5.41, 5.74) is 2.63. The van der Waals surface area contributed by atoms with Crippen molar-refractivity contribution in [1.29, 1.82) is 0 Å². The Hall–Kier alpha value is -3.35. The second-order valence-electron chi connectivity index (χ2n) is 6.64. The molecule has 0 saturated heterocycles. The van der Waals surface area contributed by atoms with Gasteiger partial charge in [0.2, 0.25) is 0 Å². The largest absolute Gasteiger partial charge is 0.482 e. The third-order valence-electron chi connectivity index (χ3n) is 4.89. The molecular weight excluding hydrogens is 360 g/mol. The lowest BCUT2D eigenvalue weighted by Gasteiger charge is -2.29. The first-order chi connectivity index (χ1) is 13.6. The highest BCUT2D eigenvalue weighted by atomic mass is 16.5. The number of esters is 1. The van der Waals surface area contributed by atoms with Crippen molar-refractivity contribution < 1.29 is 23.9 Å². The van der Waals surface area contributed by atoms with Crippen molar-refractivity contribution in [3.05, 3.63) is 54.1 Å². The summed E-state index contributed by atoms with van der Waals surface area (Å²) >= 11 is 0. The molecule has 2 amide bonds. The molecule has 0 bridgehead atoms. The Kier molecular flexibility index (Phi) is 4.97. The van der Waals surface area contributed by atoms with Gasteiger partial charge in [-0.15, -0.1) is 0 Å². The first kappa shape index (κ1) is 18.0. The molecule has 0 N–H and O–H groups in total. The van der Waals surface area contributed by atoms with Gasteiger partial charge in [0.15, 0.2) is 13.2 Å². The van der Waals surface area contributed by atoms with Gasteiger partial charge in [0.1, 0.15) is 5.75 Å². The smallest absolute Gasteiger partial charge is 0.308 e. The van der Waals surface area contributed by atoms with Crippen LogP contribution in [0.2, 0.25) is 0 Å². The summed E-state index contributed by atoms with van der Waals surface area (Å²) in [4.78, 5) is 39.8. The van der Waals surface area contributed by atoms with Crippen LogP contribution in [0, 0.1) is 0 Å². The second kappa shape index (κ2) is 7.72. The number of fused-ring (bicyclic) bond motifs is 2. The number of para-hydroxylation sites is 3. The zero-order valence-electron chi connectivity index (χ0n) is 15.3. The van der Waals surface area contributed by atoms with Crippen molar-refractivity contribution >= 4 is 29.2 Å². The highest BCUT2D eigenvalue weighted by Crippen LogP contribution is 2.31. The van der Waals surface area contributed by atoms with Crippen LogP contribution in [0.1, 0.15) is 12.0 Å². The van der Waals surface area contributed by atoms with E-state index in [0.29, 0.717) is 18.0 Å². The van der Waals surface area contributed by atoms with E-state index in [1.807, 2.05) is 30.3 Å². The third-order valence-corrected chi connectivity index (χ3v) is 4.89. The average molecular weight is 380 g/mol. The fourth-order valence-electron chi connectivity index (χ4n) is 3.49. The Bertz CT molecular complexity index is 927. The molecule has 2 aliphatic heterocycles. The molecule has 2 heterocycles. The van der Waals surface area contributed by atoms with Crippen LogP contribution in [0.4, 0.5) is 11.4 Å². The molecule has 7 heteroatoms. The van der Waals surface area contributed by atoms with E-state index < -0.39 is 5.97 Å². The summed E-state index contributed by atoms with van der Waals surface area (Å²) in [6.07, 6.45) is 0.804. The minimum Gasteiger partial charge on any atom is -0.482 e. The minimum absolute atomic E-state index is 0.00391. The molecular formula is C21H20N2O5. The second-order valence-corrected chi connectivity index (χ2v) is 6.64. The summed E-state index contributed by atoms with van der Waals surface area (Å²) < 4.78 is 10.5. The number of nitrogens with zero attached hydrogens (tertiary/aromatic N) is 2. The van der Waals surface area contributed by atoms with Crippen LogP contribution in [0.5, 0.6) is 5.75 Å². The van der Waals surface area contributed by atoms with Crippen molar-refractivity contribution in [2.24, 2.45) is 0 Å². The number of carbonyl (C=O) groups is 3. The standard InChI is InChI=1S/C21H20N2O5/c24-19-13-27-18-8-4-3-7-17(18)23(19)12-10-21(26)28-14-20(25)22-11-9-15-5-1-2-6-16(15)22/h1-8H,9-14H2. The molecule has 28 heavy (non-hydrogen) atoms. The summed E-state index contributed by atoms with van der Waals surface area (Å²) in [7, 11) is 0. The van der Waals surface area contributed by atoms with Gasteiger partial charge in [-0.25, -0.2) is 0 Å². The van der Waals surface area contributed by atoms with E-state index in [9.17, 15) is 14.4 Å². The number of amides is 2. The molecule has 144 valence electrons. The van der Waals surface area contributed by atoms with Crippen molar-refractivity contribution in [1.82, 2.24) is 0 Å². The fourth-order valence-corrected chi connectivity index (χ4v) is 3.49. The molecule has 0 radical (unpaired) electrons. The predicted molar refractivity (Wildman–Crippen MR) is 102 cm³/mol. The van der Waals surface area contributed by atoms with Crippen LogP contribution < -0.4 is 14.5 Å². The Balaban J connectivity index is 1.30. The number of benzene rings is 2. The predicted octanol–water partition coefficient (Wildman–Crippen LogP) is 1.93. The van der Waals surface area contributed by atoms with Crippen molar-refractivity contribution in [2.75, 3.05) is 36.1 Å². The van der Waals surface area contributed by atoms with E-state index in [-0.39, 0.29) is 38.0 Å². The van der Waals surface area contributed by atoms with Crippen LogP contribution in [-0.2, 0) is 25.5 Å². The summed E-state index contributed by atoms with van der Waals surface area (Å²) in [6, 6.07) is 14.9. The molecule has 2 aliphatic rings. The van der Waals surface area contributed by atoms with Gasteiger partial charge in [0.05, 0.1) is 12.1 Å². The average Bonchev–Trinajstić information content (AvgIpc) is 3.15. The highest BCUT2D eigenvalue weighted by molar-refractivity contribution is 5.99. The van der Waals surface area contributed by atoms with Gasteiger partial charge in [0.25, 0.3) is 11.8 Å². The maximum Gasteiger partial charge on any atom is 0.308 e. The van der Waals surface area contributed by atoms with E-state index in [4.69, 9.17) is 9.47 Å². The lowest BCUT2D eigenvalue weighted by atomic mass is 10.2. The zero-order chi connectivity index (χ0) is 19.5. The first-order valence-electron chi connectivity index (χ1n) is 9.19. The number of rotatable bonds is 5. The van der Waals surface area contributed by atoms with Gasteiger partial charge in [-0.3, -0.25) is 14.4 Å². The molecule has 0 aromatic heterocycles. The fraction of sp³-hybridized carbons (Fsp3) is 0.286. The normalized spacial score (nSPS) is 14.9. The number of hydrogen-bond donors (Lipinski definition) is 0. The maximum atomic E-state index is 12.4. The zero-order valence-corrected chi connectivity index (χ0v) is 15.3. The van der Waals surface area contributed by atoms with Gasteiger partial charge < -0.3 is 19.3 Å². The van der Waals surface area contributed by atoms with E-state index in [2.05, 4.69) is 0 Å². The number of anilines is 2. The number of ether oxygens (including phenoxy) is 2. The summed E-state index contributed by atoms with van der Waals surface area (Å²) in [5, 5.41) is 0. The molecule has 0 spiro atoms. The van der Waals surface area contributed by atoms with Crippen LogP contribution >= 0.6 is 0 Å². The van der Waals surface area contributed by atoms with Crippen LogP contribution in [0.15, 0.2) is 48.5 Å². The molecule has 0 aliphatic carbocycles. The number of carbonyl (C=O) groups excluding carboxylic acids is 3. The van der Waals surface area contributed by atoms with Gasteiger partial charge >= 0.3 is 5.97 Å². The lowest BCUT2D eigenvalue weighted by Crippen LogP contribution is -2.40. The van der Waals surface area contributed by atoms with Crippen molar-refractivity contribution in [3.63, 3.8) is 0 Å². The Labute approximate surface area is 162 Å². The third kappa shape index (κ3) is 3.55. The topological polar surface area (TPSA) is 76.1 Å². The van der Waals surface area contributed by atoms with Crippen LogP contribution in [-0.4, -0.2) is 44.1 Å². The molecule has 7 nitrogen and oxygen atoms in total. The minimum atomic E-state index is -0.516. The quantitative estimate of drug-likeness (QED) is 0.741. The molecule has 0 unspecified atom stereocenters. The molecule has 2 aromatic rings. The monoisotopic (exact) mass is 380 g/mol. The first-order valence-corrected chi connectivity index (χ1v) is 9.19.